The highest BCUT2D eigenvalue weighted by Gasteiger charge is 2.45. The molecule has 0 amide bonds. The van der Waals surface area contributed by atoms with E-state index in [1.54, 1.807) is 0 Å². The molecule has 0 spiro atoms. The molecule has 1 unspecified atom stereocenters. The molecule has 1 aliphatic rings. The van der Waals surface area contributed by atoms with E-state index in [0.717, 1.165) is 28.1 Å². The zero-order chi connectivity index (χ0) is 41.0. The van der Waals surface area contributed by atoms with Crippen molar-refractivity contribution in [1.82, 2.24) is 14.5 Å². The molecule has 0 bridgehead atoms. The Bertz CT molecular complexity index is 3310. The van der Waals surface area contributed by atoms with Crippen molar-refractivity contribution in [3.05, 3.63) is 259 Å². The number of rotatable bonds is 7. The lowest BCUT2D eigenvalue weighted by atomic mass is 9.63. The van der Waals surface area contributed by atoms with Crippen LogP contribution in [0.1, 0.15) is 22.3 Å². The fourth-order valence-electron chi connectivity index (χ4n) is 9.85. The number of hydrogen-bond donors (Lipinski definition) is 0. The summed E-state index contributed by atoms with van der Waals surface area (Å²) in [5.41, 5.74) is 17.5. The van der Waals surface area contributed by atoms with Gasteiger partial charge in [-0.2, -0.15) is 0 Å². The Hall–Kier alpha value is -8.14. The molecule has 290 valence electrons. The second-order valence-corrected chi connectivity index (χ2v) is 16.1. The normalized spacial score (nSPS) is 14.2. The summed E-state index contributed by atoms with van der Waals surface area (Å²) < 4.78 is 2.48. The van der Waals surface area contributed by atoms with Crippen LogP contribution in [0.4, 0.5) is 0 Å². The first-order valence-corrected chi connectivity index (χ1v) is 21.2. The number of aromatic nitrogens is 3. The molecular formula is C59H39N3. The van der Waals surface area contributed by atoms with Gasteiger partial charge >= 0.3 is 0 Å². The zero-order valence-electron chi connectivity index (χ0n) is 33.9. The van der Waals surface area contributed by atoms with Gasteiger partial charge in [-0.3, -0.25) is 0 Å². The molecule has 0 saturated carbocycles. The lowest BCUT2D eigenvalue weighted by molar-refractivity contribution is 0.728. The molecular weight excluding hydrogens is 751 g/mol. The molecule has 9 aromatic carbocycles. The summed E-state index contributed by atoms with van der Waals surface area (Å²) >= 11 is 0. The molecule has 2 aromatic heterocycles. The van der Waals surface area contributed by atoms with Crippen molar-refractivity contribution in [1.29, 1.82) is 0 Å². The summed E-state index contributed by atoms with van der Waals surface area (Å²) in [4.78, 5) is 10.6. The van der Waals surface area contributed by atoms with Crippen LogP contribution in [0.5, 0.6) is 0 Å². The maximum Gasteiger partial charge on any atom is 0.160 e. The van der Waals surface area contributed by atoms with Crippen LogP contribution >= 0.6 is 0 Å². The van der Waals surface area contributed by atoms with Gasteiger partial charge in [0.05, 0.1) is 33.5 Å². The summed E-state index contributed by atoms with van der Waals surface area (Å²) in [6, 6.07) is 85.1. The van der Waals surface area contributed by atoms with Crippen LogP contribution in [-0.2, 0) is 5.41 Å². The molecule has 3 heterocycles. The zero-order valence-corrected chi connectivity index (χ0v) is 33.9. The van der Waals surface area contributed by atoms with E-state index in [-0.39, 0.29) is 0 Å². The van der Waals surface area contributed by atoms with E-state index in [0.29, 0.717) is 5.82 Å². The first-order valence-electron chi connectivity index (χ1n) is 21.2. The second kappa shape index (κ2) is 14.5. The van der Waals surface area contributed by atoms with Gasteiger partial charge in [-0.15, -0.1) is 0 Å². The van der Waals surface area contributed by atoms with Crippen LogP contribution < -0.4 is 0 Å². The Morgan fingerprint density at radius 2 is 0.774 bits per heavy atom. The minimum atomic E-state index is -0.588. The van der Waals surface area contributed by atoms with Gasteiger partial charge in [-0.25, -0.2) is 9.97 Å². The van der Waals surface area contributed by atoms with Crippen LogP contribution in [0.15, 0.2) is 237 Å². The molecule has 12 rings (SSSR count). The standard InChI is InChI=1S/C59H39N3/c1-4-15-40(16-5-1)42-27-31-44(32-28-42)53-39-54(45-33-29-43(30-34-45)41-17-6-2-7-18-41)61-58(60-53)46-35-37-48(38-36-46)59(47-19-8-3-9-20-47)51-23-11-13-26-56(51)62-55-25-12-10-21-49(55)50-22-14-24-52(59)57(50)62/h1-39H. The summed E-state index contributed by atoms with van der Waals surface area (Å²) in [5, 5.41) is 2.52. The van der Waals surface area contributed by atoms with Crippen molar-refractivity contribution in [2.24, 2.45) is 0 Å². The van der Waals surface area contributed by atoms with Crippen molar-refractivity contribution < 1.29 is 0 Å². The molecule has 3 heteroatoms. The van der Waals surface area contributed by atoms with Crippen molar-refractivity contribution in [2.45, 2.75) is 5.41 Å². The molecule has 0 fully saturated rings. The Morgan fingerprint density at radius 1 is 0.323 bits per heavy atom. The molecule has 1 aliphatic heterocycles. The van der Waals surface area contributed by atoms with E-state index >= 15 is 0 Å². The molecule has 3 nitrogen and oxygen atoms in total. The van der Waals surface area contributed by atoms with E-state index in [1.807, 2.05) is 0 Å². The van der Waals surface area contributed by atoms with Gasteiger partial charge < -0.3 is 4.57 Å². The summed E-state index contributed by atoms with van der Waals surface area (Å²) in [6.45, 7) is 0. The predicted molar refractivity (Wildman–Crippen MR) is 255 cm³/mol. The minimum absolute atomic E-state index is 0.588. The van der Waals surface area contributed by atoms with E-state index in [1.165, 1.54) is 72.0 Å². The Morgan fingerprint density at radius 3 is 1.40 bits per heavy atom. The number of para-hydroxylation sites is 3. The maximum atomic E-state index is 5.29. The Kier molecular flexibility index (Phi) is 8.39. The van der Waals surface area contributed by atoms with Crippen LogP contribution in [-0.4, -0.2) is 14.5 Å². The van der Waals surface area contributed by atoms with E-state index in [4.69, 9.17) is 9.97 Å². The molecule has 0 N–H and O–H groups in total. The quantitative estimate of drug-likeness (QED) is 0.161. The smallest absolute Gasteiger partial charge is 0.160 e. The highest BCUT2D eigenvalue weighted by molar-refractivity contribution is 6.12. The van der Waals surface area contributed by atoms with Crippen LogP contribution in [0, 0.1) is 0 Å². The van der Waals surface area contributed by atoms with Crippen molar-refractivity contribution in [2.75, 3.05) is 0 Å². The Balaban J connectivity index is 1.03. The minimum Gasteiger partial charge on any atom is -0.309 e. The van der Waals surface area contributed by atoms with Gasteiger partial charge in [-0.1, -0.05) is 218 Å². The first-order chi connectivity index (χ1) is 30.7. The van der Waals surface area contributed by atoms with Gasteiger partial charge in [0.1, 0.15) is 0 Å². The third-order valence-corrected chi connectivity index (χ3v) is 12.7. The van der Waals surface area contributed by atoms with Crippen LogP contribution in [0.2, 0.25) is 0 Å². The fraction of sp³-hybridized carbons (Fsp3) is 0.0169. The van der Waals surface area contributed by atoms with Gasteiger partial charge in [0.2, 0.25) is 0 Å². The molecule has 1 atom stereocenters. The van der Waals surface area contributed by atoms with Crippen molar-refractivity contribution in [3.8, 4) is 61.8 Å². The monoisotopic (exact) mass is 789 g/mol. The van der Waals surface area contributed by atoms with E-state index in [2.05, 4.69) is 241 Å². The highest BCUT2D eigenvalue weighted by Crippen LogP contribution is 2.54. The average molecular weight is 790 g/mol. The number of benzene rings is 9. The maximum absolute atomic E-state index is 5.29. The molecule has 0 radical (unpaired) electrons. The lowest BCUT2D eigenvalue weighted by Gasteiger charge is -2.41. The van der Waals surface area contributed by atoms with E-state index < -0.39 is 5.41 Å². The fourth-order valence-corrected chi connectivity index (χ4v) is 9.85. The lowest BCUT2D eigenvalue weighted by Crippen LogP contribution is -2.35. The highest BCUT2D eigenvalue weighted by atomic mass is 15.0. The number of nitrogens with zero attached hydrogens (tertiary/aromatic N) is 3. The second-order valence-electron chi connectivity index (χ2n) is 16.1. The largest absolute Gasteiger partial charge is 0.309 e. The van der Waals surface area contributed by atoms with Crippen LogP contribution in [0.3, 0.4) is 0 Å². The summed E-state index contributed by atoms with van der Waals surface area (Å²) in [5.74, 6) is 0.684. The average Bonchev–Trinajstić information content (AvgIpc) is 3.70. The molecule has 11 aromatic rings. The van der Waals surface area contributed by atoms with Gasteiger partial charge in [0, 0.05) is 27.5 Å². The van der Waals surface area contributed by atoms with Gasteiger partial charge in [-0.05, 0) is 62.7 Å². The van der Waals surface area contributed by atoms with Crippen LogP contribution in [0.25, 0.3) is 83.6 Å². The van der Waals surface area contributed by atoms with Gasteiger partial charge in [0.15, 0.2) is 5.82 Å². The third-order valence-electron chi connectivity index (χ3n) is 12.7. The summed E-state index contributed by atoms with van der Waals surface area (Å²) in [7, 11) is 0. The topological polar surface area (TPSA) is 30.7 Å². The third kappa shape index (κ3) is 5.67. The molecule has 0 aliphatic carbocycles. The Labute approximate surface area is 360 Å². The number of hydrogen-bond acceptors (Lipinski definition) is 2. The van der Waals surface area contributed by atoms with Crippen molar-refractivity contribution in [3.63, 3.8) is 0 Å². The first kappa shape index (κ1) is 35.8. The SMILES string of the molecule is c1ccc(-c2ccc(-c3cc(-c4ccc(-c5ccccc5)cc4)nc(-c4ccc(C5(c6ccccc6)c6ccccc6-n6c7ccccc7c7cccc5c76)cc4)n3)cc2)cc1. The number of fused-ring (bicyclic) bond motifs is 5. The van der Waals surface area contributed by atoms with E-state index in [9.17, 15) is 0 Å². The molecule has 62 heavy (non-hydrogen) atoms. The predicted octanol–water partition coefficient (Wildman–Crippen LogP) is 14.6. The van der Waals surface area contributed by atoms with Crippen molar-refractivity contribution >= 4 is 21.8 Å². The van der Waals surface area contributed by atoms with Gasteiger partial charge in [0.25, 0.3) is 0 Å². The summed E-state index contributed by atoms with van der Waals surface area (Å²) in [6.07, 6.45) is 0. The molecule has 0 saturated heterocycles.